The number of hydroxylamine groups is 1. The van der Waals surface area contributed by atoms with Gasteiger partial charge in [0, 0.05) is 11.1 Å². The molecule has 5 nitrogen and oxygen atoms in total. The maximum Gasteiger partial charge on any atom is 0.201 e. The molecule has 1 aromatic carbocycles. The fraction of sp³-hybridized carbons (Fsp3) is 0.200. The Kier molecular flexibility index (Phi) is 2.64. The van der Waals surface area contributed by atoms with Gasteiger partial charge >= 0.3 is 0 Å². The van der Waals surface area contributed by atoms with E-state index < -0.39 is 0 Å². The number of oxime groups is 1. The molecule has 0 fully saturated rings. The lowest BCUT2D eigenvalue weighted by molar-refractivity contribution is 0.145. The van der Waals surface area contributed by atoms with Crippen molar-refractivity contribution in [2.45, 2.75) is 0 Å². The summed E-state index contributed by atoms with van der Waals surface area (Å²) in [6.07, 6.45) is 0. The van der Waals surface area contributed by atoms with E-state index in [4.69, 9.17) is 9.68 Å². The molecule has 0 amide bonds. The number of nitrogens with zero attached hydrogens (tertiary/aromatic N) is 2. The van der Waals surface area contributed by atoms with Gasteiger partial charge in [-0.15, -0.1) is 0 Å². The SMILES string of the molecule is CO/N=C1\N=C(NOC)c2ccccc21. The summed E-state index contributed by atoms with van der Waals surface area (Å²) in [6, 6.07) is 7.73. The van der Waals surface area contributed by atoms with E-state index in [0.29, 0.717) is 11.7 Å². The molecule has 0 radical (unpaired) electrons. The summed E-state index contributed by atoms with van der Waals surface area (Å²) >= 11 is 0. The van der Waals surface area contributed by atoms with Gasteiger partial charge in [-0.3, -0.25) is 4.84 Å². The smallest absolute Gasteiger partial charge is 0.201 e. The predicted octanol–water partition coefficient (Wildman–Crippen LogP) is 0.906. The Balaban J connectivity index is 2.44. The molecule has 0 aromatic heterocycles. The van der Waals surface area contributed by atoms with Crippen LogP contribution in [-0.2, 0) is 9.68 Å². The van der Waals surface area contributed by atoms with Crippen molar-refractivity contribution < 1.29 is 9.68 Å². The Morgan fingerprint density at radius 3 is 2.60 bits per heavy atom. The van der Waals surface area contributed by atoms with E-state index in [1.165, 1.54) is 14.2 Å². The number of rotatable bonds is 2. The minimum atomic E-state index is 0.549. The van der Waals surface area contributed by atoms with E-state index in [2.05, 4.69) is 15.6 Å². The summed E-state index contributed by atoms with van der Waals surface area (Å²) in [4.78, 5) is 13.8. The summed E-state index contributed by atoms with van der Waals surface area (Å²) < 4.78 is 0. The maximum atomic E-state index is 4.83. The van der Waals surface area contributed by atoms with Crippen LogP contribution in [0.25, 0.3) is 0 Å². The van der Waals surface area contributed by atoms with Crippen LogP contribution in [0.2, 0.25) is 0 Å². The first kappa shape index (κ1) is 9.67. The highest BCUT2D eigenvalue weighted by atomic mass is 16.6. The number of hydrogen-bond donors (Lipinski definition) is 1. The highest BCUT2D eigenvalue weighted by Crippen LogP contribution is 2.18. The normalized spacial score (nSPS) is 16.1. The number of aliphatic imine (C=N–C) groups is 1. The fourth-order valence-electron chi connectivity index (χ4n) is 1.44. The van der Waals surface area contributed by atoms with Crippen LogP contribution in [-0.4, -0.2) is 25.9 Å². The molecule has 1 heterocycles. The van der Waals surface area contributed by atoms with Gasteiger partial charge < -0.3 is 4.84 Å². The first-order chi connectivity index (χ1) is 7.36. The summed E-state index contributed by atoms with van der Waals surface area (Å²) in [5.74, 6) is 1.19. The molecule has 0 saturated heterocycles. The molecule has 0 aliphatic carbocycles. The van der Waals surface area contributed by atoms with E-state index in [1.807, 2.05) is 24.3 Å². The van der Waals surface area contributed by atoms with Crippen LogP contribution in [0.5, 0.6) is 0 Å². The van der Waals surface area contributed by atoms with Gasteiger partial charge in [0.25, 0.3) is 0 Å². The average molecular weight is 205 g/mol. The van der Waals surface area contributed by atoms with Crippen molar-refractivity contribution in [3.63, 3.8) is 0 Å². The summed E-state index contributed by atoms with van der Waals surface area (Å²) in [5, 5.41) is 3.83. The third-order valence-corrected chi connectivity index (χ3v) is 2.02. The van der Waals surface area contributed by atoms with E-state index in [-0.39, 0.29) is 0 Å². The van der Waals surface area contributed by atoms with Crippen molar-refractivity contribution in [2.75, 3.05) is 14.2 Å². The molecule has 15 heavy (non-hydrogen) atoms. The van der Waals surface area contributed by atoms with Crippen LogP contribution in [0.4, 0.5) is 0 Å². The molecule has 0 bridgehead atoms. The van der Waals surface area contributed by atoms with E-state index in [9.17, 15) is 0 Å². The molecule has 1 aromatic rings. The minimum Gasteiger partial charge on any atom is -0.397 e. The van der Waals surface area contributed by atoms with Gasteiger partial charge in [-0.2, -0.15) is 0 Å². The Hall–Kier alpha value is -1.88. The number of fused-ring (bicyclic) bond motifs is 1. The van der Waals surface area contributed by atoms with Gasteiger partial charge in [0.15, 0.2) is 5.84 Å². The van der Waals surface area contributed by atoms with Crippen LogP contribution >= 0.6 is 0 Å². The monoisotopic (exact) mass is 205 g/mol. The summed E-state index contributed by atoms with van der Waals surface area (Å²) in [7, 11) is 3.03. The van der Waals surface area contributed by atoms with Gasteiger partial charge in [0.1, 0.15) is 7.11 Å². The molecule has 0 atom stereocenters. The van der Waals surface area contributed by atoms with Crippen LogP contribution in [0.3, 0.4) is 0 Å². The topological polar surface area (TPSA) is 55.2 Å². The molecule has 1 N–H and O–H groups in total. The highest BCUT2D eigenvalue weighted by Gasteiger charge is 2.21. The Labute approximate surface area is 87.4 Å². The average Bonchev–Trinajstić information content (AvgIpc) is 2.59. The van der Waals surface area contributed by atoms with Crippen molar-refractivity contribution in [2.24, 2.45) is 10.1 Å². The lowest BCUT2D eigenvalue weighted by Gasteiger charge is -2.02. The van der Waals surface area contributed by atoms with Crippen molar-refractivity contribution in [1.82, 2.24) is 5.48 Å². The molecular formula is C10H11N3O2. The Morgan fingerprint density at radius 1 is 1.20 bits per heavy atom. The van der Waals surface area contributed by atoms with E-state index in [0.717, 1.165) is 11.1 Å². The standard InChI is InChI=1S/C10H11N3O2/c1-14-12-9-7-5-3-4-6-8(7)10(11-9)13-15-2/h3-6H,1-2H3,(H,11,12,13). The van der Waals surface area contributed by atoms with Crippen molar-refractivity contribution in [3.8, 4) is 0 Å². The van der Waals surface area contributed by atoms with Gasteiger partial charge in [-0.25, -0.2) is 10.5 Å². The second-order valence-corrected chi connectivity index (χ2v) is 2.91. The first-order valence-electron chi connectivity index (χ1n) is 4.45. The van der Waals surface area contributed by atoms with E-state index >= 15 is 0 Å². The maximum absolute atomic E-state index is 4.83. The fourth-order valence-corrected chi connectivity index (χ4v) is 1.44. The number of amidine groups is 2. The highest BCUT2D eigenvalue weighted by molar-refractivity contribution is 6.21. The first-order valence-corrected chi connectivity index (χ1v) is 4.45. The molecule has 0 saturated carbocycles. The zero-order chi connectivity index (χ0) is 10.7. The third kappa shape index (κ3) is 1.69. The molecule has 78 valence electrons. The van der Waals surface area contributed by atoms with Crippen molar-refractivity contribution in [3.05, 3.63) is 35.4 Å². The lowest BCUT2D eigenvalue weighted by Crippen LogP contribution is -2.21. The second kappa shape index (κ2) is 4.10. The van der Waals surface area contributed by atoms with Crippen molar-refractivity contribution in [1.29, 1.82) is 0 Å². The predicted molar refractivity (Wildman–Crippen MR) is 56.7 cm³/mol. The van der Waals surface area contributed by atoms with Crippen LogP contribution < -0.4 is 5.48 Å². The van der Waals surface area contributed by atoms with Crippen LogP contribution in [0.15, 0.2) is 34.4 Å². The molecule has 2 rings (SSSR count). The quantitative estimate of drug-likeness (QED) is 0.730. The van der Waals surface area contributed by atoms with Gasteiger partial charge in [-0.1, -0.05) is 29.4 Å². The third-order valence-electron chi connectivity index (χ3n) is 2.02. The van der Waals surface area contributed by atoms with E-state index in [1.54, 1.807) is 0 Å². The zero-order valence-electron chi connectivity index (χ0n) is 8.52. The zero-order valence-corrected chi connectivity index (χ0v) is 8.52. The Morgan fingerprint density at radius 2 is 1.93 bits per heavy atom. The van der Waals surface area contributed by atoms with Gasteiger partial charge in [0.05, 0.1) is 7.11 Å². The summed E-state index contributed by atoms with van der Waals surface area (Å²) in [6.45, 7) is 0. The molecule has 5 heteroatoms. The number of hydrogen-bond acceptors (Lipinski definition) is 4. The Bertz CT molecular complexity index is 426. The van der Waals surface area contributed by atoms with Gasteiger partial charge in [0.2, 0.25) is 5.84 Å². The van der Waals surface area contributed by atoms with Crippen molar-refractivity contribution >= 4 is 11.7 Å². The number of benzene rings is 1. The van der Waals surface area contributed by atoms with Gasteiger partial charge in [-0.05, 0) is 0 Å². The molecule has 0 spiro atoms. The molecule has 0 unspecified atom stereocenters. The largest absolute Gasteiger partial charge is 0.397 e. The second-order valence-electron chi connectivity index (χ2n) is 2.91. The van der Waals surface area contributed by atoms with Crippen LogP contribution in [0.1, 0.15) is 11.1 Å². The molecule has 1 aliphatic heterocycles. The molecular weight excluding hydrogens is 194 g/mol. The molecule has 1 aliphatic rings. The lowest BCUT2D eigenvalue weighted by atomic mass is 10.1. The minimum absolute atomic E-state index is 0.549. The number of nitrogens with one attached hydrogen (secondary N) is 1. The van der Waals surface area contributed by atoms with Crippen LogP contribution in [0, 0.1) is 0 Å². The summed E-state index contributed by atoms with van der Waals surface area (Å²) in [5.41, 5.74) is 4.59.